The number of rotatable bonds is 6. The Labute approximate surface area is 185 Å². The van der Waals surface area contributed by atoms with Gasteiger partial charge in [0.15, 0.2) is 11.5 Å². The number of carbonyl (C=O) groups is 1. The lowest BCUT2D eigenvalue weighted by molar-refractivity contribution is -0.144. The van der Waals surface area contributed by atoms with Gasteiger partial charge in [-0.05, 0) is 49.8 Å². The first-order chi connectivity index (χ1) is 15.0. The maximum atomic E-state index is 13.0. The van der Waals surface area contributed by atoms with E-state index in [1.165, 1.54) is 0 Å². The molecule has 1 aliphatic carbocycles. The van der Waals surface area contributed by atoms with Gasteiger partial charge in [0.1, 0.15) is 0 Å². The highest BCUT2D eigenvalue weighted by Gasteiger charge is 2.49. The van der Waals surface area contributed by atoms with E-state index in [1.807, 2.05) is 17.0 Å². The number of likely N-dealkylation sites (tertiary alicyclic amines) is 2. The van der Waals surface area contributed by atoms with Gasteiger partial charge in [-0.25, -0.2) is 0 Å². The molecule has 0 spiro atoms. The van der Waals surface area contributed by atoms with Crippen molar-refractivity contribution in [3.05, 3.63) is 17.7 Å². The fourth-order valence-corrected chi connectivity index (χ4v) is 5.88. The fraction of sp³-hybridized carbons (Fsp3) is 0.708. The van der Waals surface area contributed by atoms with Crippen molar-refractivity contribution in [2.45, 2.75) is 56.6 Å². The van der Waals surface area contributed by atoms with E-state index in [0.717, 1.165) is 57.2 Å². The Morgan fingerprint density at radius 2 is 1.68 bits per heavy atom. The molecule has 31 heavy (non-hydrogen) atoms. The Hall–Kier alpha value is -1.99. The smallest absolute Gasteiger partial charge is 0.236 e. The molecule has 0 bridgehead atoms. The highest BCUT2D eigenvalue weighted by Crippen LogP contribution is 2.51. The molecule has 3 fully saturated rings. The third kappa shape index (κ3) is 4.22. The molecule has 0 unspecified atom stereocenters. The van der Waals surface area contributed by atoms with Crippen molar-refractivity contribution < 1.29 is 24.1 Å². The maximum absolute atomic E-state index is 13.0. The first-order valence-corrected chi connectivity index (χ1v) is 11.5. The lowest BCUT2D eigenvalue weighted by Crippen LogP contribution is -2.56. The number of aliphatic hydroxyl groups is 1. The summed E-state index contributed by atoms with van der Waals surface area (Å²) in [6.45, 7) is 2.80. The van der Waals surface area contributed by atoms with Crippen LogP contribution >= 0.6 is 0 Å². The van der Waals surface area contributed by atoms with E-state index in [2.05, 4.69) is 4.90 Å². The van der Waals surface area contributed by atoms with Crippen LogP contribution in [0.1, 0.15) is 56.6 Å². The fourth-order valence-electron chi connectivity index (χ4n) is 5.88. The van der Waals surface area contributed by atoms with Crippen LogP contribution in [0, 0.1) is 5.92 Å². The first kappa shape index (κ1) is 22.2. The number of methoxy groups -OCH3 is 3. The van der Waals surface area contributed by atoms with Gasteiger partial charge < -0.3 is 24.2 Å². The summed E-state index contributed by atoms with van der Waals surface area (Å²) in [7, 11) is 4.84. The molecule has 2 aliphatic heterocycles. The number of fused-ring (bicyclic) bond motifs is 1. The molecule has 1 amide bonds. The molecule has 1 saturated carbocycles. The maximum Gasteiger partial charge on any atom is 0.236 e. The number of benzene rings is 1. The number of piperidine rings is 1. The third-order valence-electron chi connectivity index (χ3n) is 7.50. The zero-order chi connectivity index (χ0) is 22.0. The van der Waals surface area contributed by atoms with Gasteiger partial charge in [0, 0.05) is 31.6 Å². The van der Waals surface area contributed by atoms with Crippen LogP contribution in [-0.2, 0) is 4.79 Å². The van der Waals surface area contributed by atoms with Crippen molar-refractivity contribution in [2.75, 3.05) is 47.5 Å². The molecule has 7 nitrogen and oxygen atoms in total. The van der Waals surface area contributed by atoms with Crippen LogP contribution in [0.5, 0.6) is 17.2 Å². The second kappa shape index (κ2) is 9.25. The SMILES string of the molecule is COc1cc([C@@H]2[C@@H]3CCCC[C@@]3(O)CCN2CC(=O)N2CCCC2)cc(OC)c1OC. The van der Waals surface area contributed by atoms with Crippen LogP contribution in [0.2, 0.25) is 0 Å². The average molecular weight is 433 g/mol. The van der Waals surface area contributed by atoms with Crippen LogP contribution < -0.4 is 14.2 Å². The standard InChI is InChI=1S/C24H36N2O5/c1-29-19-14-17(15-20(30-2)23(19)31-3)22-18-8-4-5-9-24(18,28)10-13-26(22)16-21(27)25-11-6-7-12-25/h14-15,18,22,28H,4-13,16H2,1-3H3/t18-,22+,24+/m0/s1. The summed E-state index contributed by atoms with van der Waals surface area (Å²) in [5.74, 6) is 2.03. The molecular weight excluding hydrogens is 396 g/mol. The van der Waals surface area contributed by atoms with Gasteiger partial charge in [-0.15, -0.1) is 0 Å². The largest absolute Gasteiger partial charge is 0.493 e. The Morgan fingerprint density at radius 1 is 1.00 bits per heavy atom. The van der Waals surface area contributed by atoms with Crippen LogP contribution in [-0.4, -0.2) is 73.9 Å². The molecule has 2 saturated heterocycles. The molecule has 2 heterocycles. The Balaban J connectivity index is 1.72. The van der Waals surface area contributed by atoms with E-state index in [-0.39, 0.29) is 17.9 Å². The van der Waals surface area contributed by atoms with Crippen molar-refractivity contribution in [2.24, 2.45) is 5.92 Å². The number of ether oxygens (including phenoxy) is 3. The topological polar surface area (TPSA) is 71.5 Å². The monoisotopic (exact) mass is 432 g/mol. The van der Waals surface area contributed by atoms with Crippen LogP contribution in [0.3, 0.4) is 0 Å². The molecule has 1 N–H and O–H groups in total. The van der Waals surface area contributed by atoms with E-state index in [4.69, 9.17) is 14.2 Å². The molecule has 3 aliphatic rings. The van der Waals surface area contributed by atoms with Crippen molar-refractivity contribution in [1.82, 2.24) is 9.80 Å². The minimum Gasteiger partial charge on any atom is -0.493 e. The van der Waals surface area contributed by atoms with E-state index >= 15 is 0 Å². The molecule has 4 rings (SSSR count). The molecular formula is C24H36N2O5. The summed E-state index contributed by atoms with van der Waals surface area (Å²) in [6.07, 6.45) is 6.82. The molecule has 7 heteroatoms. The van der Waals surface area contributed by atoms with Crippen LogP contribution in [0.4, 0.5) is 0 Å². The predicted octanol–water partition coefficient (Wildman–Crippen LogP) is 3.00. The minimum absolute atomic E-state index is 0.0701. The normalized spacial score (nSPS) is 28.8. The van der Waals surface area contributed by atoms with Crippen molar-refractivity contribution >= 4 is 5.91 Å². The molecule has 0 radical (unpaired) electrons. The first-order valence-electron chi connectivity index (χ1n) is 11.5. The van der Waals surface area contributed by atoms with Crippen molar-refractivity contribution in [3.63, 3.8) is 0 Å². The van der Waals surface area contributed by atoms with E-state index in [0.29, 0.717) is 36.8 Å². The van der Waals surface area contributed by atoms with Crippen LogP contribution in [0.25, 0.3) is 0 Å². The zero-order valence-electron chi connectivity index (χ0n) is 19.1. The second-order valence-corrected chi connectivity index (χ2v) is 9.17. The summed E-state index contributed by atoms with van der Waals surface area (Å²) in [4.78, 5) is 17.3. The third-order valence-corrected chi connectivity index (χ3v) is 7.50. The Bertz CT molecular complexity index is 769. The number of hydrogen-bond donors (Lipinski definition) is 1. The average Bonchev–Trinajstić information content (AvgIpc) is 3.33. The van der Waals surface area contributed by atoms with Gasteiger partial charge in [-0.2, -0.15) is 0 Å². The highest BCUT2D eigenvalue weighted by atomic mass is 16.5. The van der Waals surface area contributed by atoms with E-state index in [9.17, 15) is 9.90 Å². The van der Waals surface area contributed by atoms with Crippen molar-refractivity contribution in [1.29, 1.82) is 0 Å². The number of amides is 1. The van der Waals surface area contributed by atoms with Gasteiger partial charge in [-0.3, -0.25) is 9.69 Å². The number of carbonyl (C=O) groups excluding carboxylic acids is 1. The molecule has 1 aromatic carbocycles. The zero-order valence-corrected chi connectivity index (χ0v) is 19.1. The number of hydrogen-bond acceptors (Lipinski definition) is 6. The minimum atomic E-state index is -0.684. The number of nitrogens with zero attached hydrogens (tertiary/aromatic N) is 2. The van der Waals surface area contributed by atoms with Gasteiger partial charge in [-0.1, -0.05) is 12.8 Å². The molecule has 1 aromatic rings. The summed E-state index contributed by atoms with van der Waals surface area (Å²) in [5, 5.41) is 11.5. The van der Waals surface area contributed by atoms with Gasteiger partial charge >= 0.3 is 0 Å². The Morgan fingerprint density at radius 3 is 2.29 bits per heavy atom. The van der Waals surface area contributed by atoms with Gasteiger partial charge in [0.25, 0.3) is 0 Å². The van der Waals surface area contributed by atoms with Crippen molar-refractivity contribution in [3.8, 4) is 17.2 Å². The highest BCUT2D eigenvalue weighted by molar-refractivity contribution is 5.78. The molecule has 3 atom stereocenters. The predicted molar refractivity (Wildman–Crippen MR) is 118 cm³/mol. The van der Waals surface area contributed by atoms with E-state index in [1.54, 1.807) is 21.3 Å². The molecule has 172 valence electrons. The molecule has 0 aromatic heterocycles. The van der Waals surface area contributed by atoms with Gasteiger partial charge in [0.2, 0.25) is 11.7 Å². The quantitative estimate of drug-likeness (QED) is 0.745. The van der Waals surface area contributed by atoms with Crippen LogP contribution in [0.15, 0.2) is 12.1 Å². The summed E-state index contributed by atoms with van der Waals surface area (Å²) < 4.78 is 16.7. The van der Waals surface area contributed by atoms with Gasteiger partial charge in [0.05, 0.1) is 33.5 Å². The van der Waals surface area contributed by atoms with E-state index < -0.39 is 5.60 Å². The lowest BCUT2D eigenvalue weighted by Gasteiger charge is -2.52. The summed E-state index contributed by atoms with van der Waals surface area (Å²) in [6, 6.07) is 3.90. The summed E-state index contributed by atoms with van der Waals surface area (Å²) >= 11 is 0. The Kier molecular flexibility index (Phi) is 6.63. The second-order valence-electron chi connectivity index (χ2n) is 9.17. The lowest BCUT2D eigenvalue weighted by atomic mass is 9.66. The summed E-state index contributed by atoms with van der Waals surface area (Å²) in [5.41, 5.74) is 0.324.